The first kappa shape index (κ1) is 14.4. The fourth-order valence-electron chi connectivity index (χ4n) is 1.07. The number of benzene rings is 1. The number of aliphatic carboxylic acids is 1. The molecule has 0 heterocycles. The van der Waals surface area contributed by atoms with Gasteiger partial charge >= 0.3 is 5.97 Å². The van der Waals surface area contributed by atoms with Crippen molar-refractivity contribution in [3.8, 4) is 0 Å². The Kier molecular flexibility index (Phi) is 5.22. The lowest BCUT2D eigenvalue weighted by Crippen LogP contribution is -2.15. The molecule has 0 spiro atoms. The molecule has 0 saturated carbocycles. The predicted molar refractivity (Wildman–Crippen MR) is 79.4 cm³/mol. The van der Waals surface area contributed by atoms with Gasteiger partial charge in [0.15, 0.2) is 2.14 Å². The van der Waals surface area contributed by atoms with E-state index in [0.29, 0.717) is 4.48 Å². The highest BCUT2D eigenvalue weighted by Crippen LogP contribution is 2.45. The molecule has 0 radical (unpaired) electrons. The SMILES string of the molecule is O=C(O)C(=C(Br)c1ccccc1)C(Br)(Br)Br. The Morgan fingerprint density at radius 1 is 1.12 bits per heavy atom. The Bertz CT molecular complexity index is 420. The van der Waals surface area contributed by atoms with E-state index in [0.717, 1.165) is 5.56 Å². The van der Waals surface area contributed by atoms with Crippen molar-refractivity contribution in [2.75, 3.05) is 0 Å². The molecule has 0 aliphatic carbocycles. The van der Waals surface area contributed by atoms with Gasteiger partial charge in [0.1, 0.15) is 0 Å². The zero-order valence-corrected chi connectivity index (χ0v) is 14.1. The van der Waals surface area contributed by atoms with Crippen molar-refractivity contribution in [2.45, 2.75) is 2.14 Å². The Morgan fingerprint density at radius 2 is 1.62 bits per heavy atom. The highest BCUT2D eigenvalue weighted by atomic mass is 80.0. The second kappa shape index (κ2) is 5.80. The average molecular weight is 478 g/mol. The number of carboxylic acid groups (broad SMARTS) is 1. The van der Waals surface area contributed by atoms with E-state index in [2.05, 4.69) is 63.7 Å². The molecule has 16 heavy (non-hydrogen) atoms. The van der Waals surface area contributed by atoms with E-state index < -0.39 is 8.11 Å². The van der Waals surface area contributed by atoms with E-state index in [1.807, 2.05) is 30.3 Å². The summed E-state index contributed by atoms with van der Waals surface area (Å²) in [5.74, 6) is -1.03. The van der Waals surface area contributed by atoms with Crippen LogP contribution in [0.1, 0.15) is 5.56 Å². The van der Waals surface area contributed by atoms with Gasteiger partial charge in [0, 0.05) is 4.48 Å². The molecule has 86 valence electrons. The molecule has 2 nitrogen and oxygen atoms in total. The number of carboxylic acids is 1. The minimum absolute atomic E-state index is 0.138. The first-order chi connectivity index (χ1) is 7.34. The van der Waals surface area contributed by atoms with Crippen LogP contribution in [-0.2, 0) is 4.79 Å². The summed E-state index contributed by atoms with van der Waals surface area (Å²) >= 11 is 12.9. The van der Waals surface area contributed by atoms with Crippen LogP contribution < -0.4 is 0 Å². The lowest BCUT2D eigenvalue weighted by atomic mass is 10.1. The monoisotopic (exact) mass is 474 g/mol. The van der Waals surface area contributed by atoms with Crippen molar-refractivity contribution >= 4 is 74.2 Å². The highest BCUT2D eigenvalue weighted by Gasteiger charge is 2.32. The summed E-state index contributed by atoms with van der Waals surface area (Å²) in [7, 11) is 0. The van der Waals surface area contributed by atoms with E-state index >= 15 is 0 Å². The summed E-state index contributed by atoms with van der Waals surface area (Å²) < 4.78 is -0.459. The molecule has 0 aliphatic heterocycles. The first-order valence-electron chi connectivity index (χ1n) is 4.09. The topological polar surface area (TPSA) is 37.3 Å². The van der Waals surface area contributed by atoms with E-state index in [9.17, 15) is 4.79 Å². The van der Waals surface area contributed by atoms with E-state index in [-0.39, 0.29) is 5.57 Å². The van der Waals surface area contributed by atoms with Crippen LogP contribution in [0, 0.1) is 0 Å². The lowest BCUT2D eigenvalue weighted by Gasteiger charge is -2.15. The standard InChI is InChI=1S/C10H6Br4O2/c11-8(6-4-2-1-3-5-6)7(9(15)16)10(12,13)14/h1-5H,(H,15,16). The molecule has 1 aromatic rings. The average Bonchev–Trinajstić information content (AvgIpc) is 2.16. The second-order valence-corrected chi connectivity index (χ2v) is 10.4. The number of halogens is 4. The molecular weight excluding hydrogens is 472 g/mol. The quantitative estimate of drug-likeness (QED) is 0.495. The van der Waals surface area contributed by atoms with Gasteiger partial charge in [-0.3, -0.25) is 0 Å². The van der Waals surface area contributed by atoms with Crippen LogP contribution in [0.3, 0.4) is 0 Å². The maximum absolute atomic E-state index is 11.2. The lowest BCUT2D eigenvalue weighted by molar-refractivity contribution is -0.132. The van der Waals surface area contributed by atoms with Crippen LogP contribution >= 0.6 is 63.7 Å². The fraction of sp³-hybridized carbons (Fsp3) is 0.100. The van der Waals surface area contributed by atoms with Crippen LogP contribution in [0.15, 0.2) is 35.9 Å². The van der Waals surface area contributed by atoms with Gasteiger partial charge in [0.05, 0.1) is 5.57 Å². The third-order valence-corrected chi connectivity index (χ3v) is 3.79. The maximum Gasteiger partial charge on any atom is 0.335 e. The maximum atomic E-state index is 11.2. The van der Waals surface area contributed by atoms with Crippen molar-refractivity contribution in [2.24, 2.45) is 0 Å². The predicted octanol–water partition coefficient (Wildman–Crippen LogP) is 4.72. The Morgan fingerprint density at radius 3 is 2.00 bits per heavy atom. The normalized spacial score (nSPS) is 13.2. The van der Waals surface area contributed by atoms with Gasteiger partial charge in [-0.1, -0.05) is 78.1 Å². The molecule has 6 heteroatoms. The highest BCUT2D eigenvalue weighted by molar-refractivity contribution is 9.39. The number of rotatable bonds is 2. The number of hydrogen-bond acceptors (Lipinski definition) is 1. The van der Waals surface area contributed by atoms with Crippen LogP contribution in [0.4, 0.5) is 0 Å². The van der Waals surface area contributed by atoms with Crippen LogP contribution in [0.2, 0.25) is 0 Å². The second-order valence-electron chi connectivity index (χ2n) is 2.86. The number of carbonyl (C=O) groups is 1. The molecule has 0 unspecified atom stereocenters. The van der Waals surface area contributed by atoms with Gasteiger partial charge in [0.2, 0.25) is 0 Å². The molecule has 0 bridgehead atoms. The van der Waals surface area contributed by atoms with Crippen molar-refractivity contribution in [3.63, 3.8) is 0 Å². The molecule has 0 atom stereocenters. The van der Waals surface area contributed by atoms with Gasteiger partial charge in [0.25, 0.3) is 0 Å². The van der Waals surface area contributed by atoms with Crippen LogP contribution in [0.5, 0.6) is 0 Å². The zero-order chi connectivity index (χ0) is 12.3. The Balaban J connectivity index is 3.34. The van der Waals surface area contributed by atoms with Gasteiger partial charge in [-0.25, -0.2) is 4.79 Å². The molecular formula is C10H6Br4O2. The minimum atomic E-state index is -1.03. The van der Waals surface area contributed by atoms with Crippen LogP contribution in [-0.4, -0.2) is 13.2 Å². The zero-order valence-electron chi connectivity index (χ0n) is 7.75. The summed E-state index contributed by atoms with van der Waals surface area (Å²) in [6.07, 6.45) is 0. The van der Waals surface area contributed by atoms with Crippen molar-refractivity contribution in [1.82, 2.24) is 0 Å². The Labute approximate surface area is 127 Å². The Hall–Kier alpha value is 0.350. The third kappa shape index (κ3) is 3.68. The summed E-state index contributed by atoms with van der Waals surface area (Å²) in [6, 6.07) is 9.20. The molecule has 1 rings (SSSR count). The number of hydrogen-bond donors (Lipinski definition) is 1. The molecule has 0 aliphatic rings. The van der Waals surface area contributed by atoms with E-state index in [4.69, 9.17) is 5.11 Å². The third-order valence-electron chi connectivity index (χ3n) is 1.74. The molecule has 0 amide bonds. The molecule has 0 aromatic heterocycles. The smallest absolute Gasteiger partial charge is 0.335 e. The van der Waals surface area contributed by atoms with Crippen molar-refractivity contribution in [3.05, 3.63) is 41.5 Å². The van der Waals surface area contributed by atoms with Gasteiger partial charge in [-0.05, 0) is 21.5 Å². The first-order valence-corrected chi connectivity index (χ1v) is 7.27. The molecule has 0 fully saturated rings. The van der Waals surface area contributed by atoms with Gasteiger partial charge < -0.3 is 5.11 Å². The fourth-order valence-corrected chi connectivity index (χ4v) is 3.70. The molecule has 1 N–H and O–H groups in total. The van der Waals surface area contributed by atoms with E-state index in [1.54, 1.807) is 0 Å². The minimum Gasteiger partial charge on any atom is -0.478 e. The van der Waals surface area contributed by atoms with Gasteiger partial charge in [-0.15, -0.1) is 0 Å². The van der Waals surface area contributed by atoms with Crippen molar-refractivity contribution < 1.29 is 9.90 Å². The van der Waals surface area contributed by atoms with E-state index in [1.165, 1.54) is 0 Å². The number of alkyl halides is 3. The summed E-state index contributed by atoms with van der Waals surface area (Å²) in [6.45, 7) is 0. The van der Waals surface area contributed by atoms with Crippen molar-refractivity contribution in [1.29, 1.82) is 0 Å². The summed E-state index contributed by atoms with van der Waals surface area (Å²) in [5.41, 5.74) is 0.932. The molecule has 0 saturated heterocycles. The van der Waals surface area contributed by atoms with Gasteiger partial charge in [-0.2, -0.15) is 0 Å². The largest absolute Gasteiger partial charge is 0.478 e. The summed E-state index contributed by atoms with van der Waals surface area (Å²) in [4.78, 5) is 11.2. The summed E-state index contributed by atoms with van der Waals surface area (Å²) in [5, 5.41) is 9.16. The van der Waals surface area contributed by atoms with Crippen LogP contribution in [0.25, 0.3) is 4.48 Å². The molecule has 1 aromatic carbocycles.